The SMILES string of the molecule is Cc1cccc2c(C(=O)O)c3c(nc12)CCCCCCCCCC3. The summed E-state index contributed by atoms with van der Waals surface area (Å²) in [5.41, 5.74) is 4.43. The summed E-state index contributed by atoms with van der Waals surface area (Å²) < 4.78 is 0. The van der Waals surface area contributed by atoms with Crippen LogP contribution >= 0.6 is 0 Å². The van der Waals surface area contributed by atoms with Gasteiger partial charge in [0.15, 0.2) is 0 Å². The Bertz CT molecular complexity index is 736. The lowest BCUT2D eigenvalue weighted by atomic mass is 9.92. The number of hydrogen-bond acceptors (Lipinski definition) is 2. The van der Waals surface area contributed by atoms with Crippen LogP contribution in [0.15, 0.2) is 18.2 Å². The number of carbonyl (C=O) groups is 1. The topological polar surface area (TPSA) is 50.2 Å². The van der Waals surface area contributed by atoms with Crippen molar-refractivity contribution in [2.75, 3.05) is 0 Å². The van der Waals surface area contributed by atoms with E-state index in [9.17, 15) is 9.90 Å². The van der Waals surface area contributed by atoms with Crippen molar-refractivity contribution in [2.24, 2.45) is 0 Å². The molecule has 3 rings (SSSR count). The Kier molecular flexibility index (Phi) is 5.49. The molecule has 0 aliphatic heterocycles. The maximum Gasteiger partial charge on any atom is 0.336 e. The van der Waals surface area contributed by atoms with Crippen LogP contribution in [0, 0.1) is 6.92 Å². The van der Waals surface area contributed by atoms with Gasteiger partial charge in [0.25, 0.3) is 0 Å². The minimum atomic E-state index is -0.809. The van der Waals surface area contributed by atoms with Gasteiger partial charge >= 0.3 is 5.97 Å². The zero-order valence-electron chi connectivity index (χ0n) is 14.6. The van der Waals surface area contributed by atoms with E-state index >= 15 is 0 Å². The summed E-state index contributed by atoms with van der Waals surface area (Å²) in [6, 6.07) is 5.87. The van der Waals surface area contributed by atoms with Crippen molar-refractivity contribution in [1.82, 2.24) is 4.98 Å². The number of fused-ring (bicyclic) bond motifs is 2. The Morgan fingerprint density at radius 1 is 0.958 bits per heavy atom. The average Bonchev–Trinajstić information content (AvgIpc) is 2.54. The minimum absolute atomic E-state index is 0.496. The number of rotatable bonds is 1. The lowest BCUT2D eigenvalue weighted by Crippen LogP contribution is -2.11. The van der Waals surface area contributed by atoms with Gasteiger partial charge in [-0.05, 0) is 43.7 Å². The first-order valence-corrected chi connectivity index (χ1v) is 9.33. The zero-order chi connectivity index (χ0) is 16.9. The van der Waals surface area contributed by atoms with Crippen LogP contribution in [0.1, 0.15) is 78.5 Å². The summed E-state index contributed by atoms with van der Waals surface area (Å²) in [5.74, 6) is -0.809. The predicted molar refractivity (Wildman–Crippen MR) is 97.8 cm³/mol. The Morgan fingerprint density at radius 3 is 2.25 bits per heavy atom. The number of aromatic nitrogens is 1. The third-order valence-corrected chi connectivity index (χ3v) is 5.21. The first-order chi connectivity index (χ1) is 11.7. The Labute approximate surface area is 144 Å². The quantitative estimate of drug-likeness (QED) is 0.757. The molecule has 1 aliphatic rings. The molecule has 1 aromatic heterocycles. The summed E-state index contributed by atoms with van der Waals surface area (Å²) in [6.07, 6.45) is 11.5. The maximum absolute atomic E-state index is 12.0. The highest BCUT2D eigenvalue weighted by Crippen LogP contribution is 2.29. The monoisotopic (exact) mass is 325 g/mol. The van der Waals surface area contributed by atoms with Crippen molar-refractivity contribution >= 4 is 16.9 Å². The number of carboxylic acids is 1. The molecule has 0 spiro atoms. The van der Waals surface area contributed by atoms with Crippen molar-refractivity contribution in [3.8, 4) is 0 Å². The Balaban J connectivity index is 2.12. The summed E-state index contributed by atoms with van der Waals surface area (Å²) in [4.78, 5) is 17.0. The number of pyridine rings is 1. The number of benzene rings is 1. The molecule has 1 heterocycles. The van der Waals surface area contributed by atoms with Gasteiger partial charge in [0, 0.05) is 11.1 Å². The van der Waals surface area contributed by atoms with Gasteiger partial charge in [-0.3, -0.25) is 4.98 Å². The fraction of sp³-hybridized carbons (Fsp3) is 0.524. The molecule has 3 nitrogen and oxygen atoms in total. The van der Waals surface area contributed by atoms with E-state index in [-0.39, 0.29) is 0 Å². The summed E-state index contributed by atoms with van der Waals surface area (Å²) >= 11 is 0. The van der Waals surface area contributed by atoms with E-state index < -0.39 is 5.97 Å². The van der Waals surface area contributed by atoms with E-state index in [0.717, 1.165) is 53.4 Å². The second-order valence-electron chi connectivity index (χ2n) is 7.02. The van der Waals surface area contributed by atoms with Crippen LogP contribution in [-0.2, 0) is 12.8 Å². The molecule has 0 unspecified atom stereocenters. The first kappa shape index (κ1) is 16.9. The number of aryl methyl sites for hydroxylation is 2. The number of para-hydroxylation sites is 1. The van der Waals surface area contributed by atoms with Gasteiger partial charge in [-0.15, -0.1) is 0 Å². The molecule has 1 N–H and O–H groups in total. The minimum Gasteiger partial charge on any atom is -0.478 e. The van der Waals surface area contributed by atoms with Gasteiger partial charge in [-0.25, -0.2) is 4.79 Å². The largest absolute Gasteiger partial charge is 0.478 e. The fourth-order valence-electron chi connectivity index (χ4n) is 3.89. The van der Waals surface area contributed by atoms with Crippen LogP contribution in [-0.4, -0.2) is 16.1 Å². The lowest BCUT2D eigenvalue weighted by molar-refractivity contribution is 0.0697. The van der Waals surface area contributed by atoms with Crippen molar-refractivity contribution < 1.29 is 9.90 Å². The van der Waals surface area contributed by atoms with Crippen LogP contribution in [0.4, 0.5) is 0 Å². The first-order valence-electron chi connectivity index (χ1n) is 9.33. The van der Waals surface area contributed by atoms with E-state index in [1.54, 1.807) is 0 Å². The van der Waals surface area contributed by atoms with Crippen LogP contribution in [0.25, 0.3) is 10.9 Å². The smallest absolute Gasteiger partial charge is 0.336 e. The van der Waals surface area contributed by atoms with E-state index in [0.29, 0.717) is 5.56 Å². The number of hydrogen-bond donors (Lipinski definition) is 1. The van der Waals surface area contributed by atoms with Crippen molar-refractivity contribution in [1.29, 1.82) is 0 Å². The molecular formula is C21H27NO2. The highest BCUT2D eigenvalue weighted by Gasteiger charge is 2.20. The van der Waals surface area contributed by atoms with Crippen LogP contribution in [0.2, 0.25) is 0 Å². The van der Waals surface area contributed by atoms with E-state index in [1.165, 1.54) is 38.5 Å². The Hall–Kier alpha value is -1.90. The Morgan fingerprint density at radius 2 is 1.58 bits per heavy atom. The molecule has 0 fully saturated rings. The highest BCUT2D eigenvalue weighted by molar-refractivity contribution is 6.04. The molecule has 0 amide bonds. The van der Waals surface area contributed by atoms with Gasteiger partial charge in [-0.2, -0.15) is 0 Å². The van der Waals surface area contributed by atoms with Gasteiger partial charge in [-0.1, -0.05) is 56.7 Å². The molecule has 0 saturated carbocycles. The second-order valence-corrected chi connectivity index (χ2v) is 7.02. The summed E-state index contributed by atoms with van der Waals surface area (Å²) in [6.45, 7) is 2.02. The molecule has 0 atom stereocenters. The standard InChI is InChI=1S/C21H27NO2/c1-15-11-10-13-17-19(21(23)24)16-12-8-6-4-2-3-5-7-9-14-18(16)22-20(15)17/h10-11,13H,2-9,12,14H2,1H3,(H,23,24). The molecule has 0 radical (unpaired) electrons. The molecular weight excluding hydrogens is 298 g/mol. The van der Waals surface area contributed by atoms with Crippen molar-refractivity contribution in [3.63, 3.8) is 0 Å². The number of aromatic carboxylic acids is 1. The summed E-state index contributed by atoms with van der Waals surface area (Å²) in [7, 11) is 0. The van der Waals surface area contributed by atoms with Gasteiger partial charge in [0.2, 0.25) is 0 Å². The van der Waals surface area contributed by atoms with E-state index in [4.69, 9.17) is 4.98 Å². The number of nitrogens with zero attached hydrogens (tertiary/aromatic N) is 1. The van der Waals surface area contributed by atoms with E-state index in [2.05, 4.69) is 0 Å². The zero-order valence-corrected chi connectivity index (χ0v) is 14.6. The van der Waals surface area contributed by atoms with Crippen LogP contribution in [0.3, 0.4) is 0 Å². The van der Waals surface area contributed by atoms with Crippen molar-refractivity contribution in [2.45, 2.75) is 71.1 Å². The third-order valence-electron chi connectivity index (χ3n) is 5.21. The molecule has 1 aromatic carbocycles. The molecule has 0 saturated heterocycles. The molecule has 3 heteroatoms. The molecule has 1 aliphatic carbocycles. The van der Waals surface area contributed by atoms with Crippen LogP contribution < -0.4 is 0 Å². The third kappa shape index (κ3) is 3.61. The average molecular weight is 325 g/mol. The van der Waals surface area contributed by atoms with E-state index in [1.807, 2.05) is 25.1 Å². The normalized spacial score (nSPS) is 16.9. The lowest BCUT2D eigenvalue weighted by Gasteiger charge is -2.17. The molecule has 24 heavy (non-hydrogen) atoms. The van der Waals surface area contributed by atoms with Crippen molar-refractivity contribution in [3.05, 3.63) is 40.6 Å². The second kappa shape index (κ2) is 7.78. The fourth-order valence-corrected chi connectivity index (χ4v) is 3.89. The van der Waals surface area contributed by atoms with Gasteiger partial charge in [0.1, 0.15) is 0 Å². The highest BCUT2D eigenvalue weighted by atomic mass is 16.4. The number of carboxylic acid groups (broad SMARTS) is 1. The van der Waals surface area contributed by atoms with Gasteiger partial charge < -0.3 is 5.11 Å². The predicted octanol–water partition coefficient (Wildman–Crippen LogP) is 5.46. The van der Waals surface area contributed by atoms with Crippen LogP contribution in [0.5, 0.6) is 0 Å². The molecule has 0 bridgehead atoms. The molecule has 2 aromatic rings. The molecule has 128 valence electrons. The van der Waals surface area contributed by atoms with Gasteiger partial charge in [0.05, 0.1) is 11.1 Å². The maximum atomic E-state index is 12.0. The summed E-state index contributed by atoms with van der Waals surface area (Å²) in [5, 5.41) is 10.7.